The van der Waals surface area contributed by atoms with Gasteiger partial charge in [-0.2, -0.15) is 0 Å². The smallest absolute Gasteiger partial charge is 0.545 e. The van der Waals surface area contributed by atoms with Gasteiger partial charge < -0.3 is 25.6 Å². The van der Waals surface area contributed by atoms with E-state index >= 15 is 0 Å². The Kier molecular flexibility index (Phi) is 6.27. The number of aliphatic hydroxyl groups excluding tert-OH is 1. The van der Waals surface area contributed by atoms with Crippen LogP contribution >= 0.6 is 11.6 Å². The molecule has 0 aliphatic carbocycles. The van der Waals surface area contributed by atoms with Gasteiger partial charge in [-0.05, 0) is 6.07 Å². The van der Waals surface area contributed by atoms with Crippen molar-refractivity contribution in [1.82, 2.24) is 9.55 Å². The Morgan fingerprint density at radius 1 is 1.23 bits per heavy atom. The number of carbonyl (C=O) groups is 1. The van der Waals surface area contributed by atoms with E-state index in [9.17, 15) is 33.0 Å². The predicted molar refractivity (Wildman–Crippen MR) is 99.2 cm³/mol. The number of hydrogen-bond donors (Lipinski definition) is 2. The molecule has 0 unspecified atom stereocenters. The summed E-state index contributed by atoms with van der Waals surface area (Å²) >= 11 is 6.34. The quantitative estimate of drug-likeness (QED) is 0.415. The number of nitrogen functional groups attached to an aromatic ring is 1. The Hall–Kier alpha value is -2.31. The van der Waals surface area contributed by atoms with E-state index in [1.807, 2.05) is 0 Å². The first-order valence-corrected chi connectivity index (χ1v) is 8.81. The number of aromatic carboxylic acids is 1. The molecule has 0 spiro atoms. The van der Waals surface area contributed by atoms with E-state index in [4.69, 9.17) is 17.3 Å². The molecule has 13 heteroatoms. The van der Waals surface area contributed by atoms with E-state index in [-0.39, 0.29) is 58.9 Å². The summed E-state index contributed by atoms with van der Waals surface area (Å²) in [5.74, 6) is -6.61. The number of carbonyl (C=O) groups excluding carboxylic acids is 1. The number of aromatic nitrogens is 2. The van der Waals surface area contributed by atoms with Crippen molar-refractivity contribution in [1.29, 1.82) is 0 Å². The van der Waals surface area contributed by atoms with Crippen LogP contribution in [0.25, 0.3) is 16.7 Å². The van der Waals surface area contributed by atoms with Crippen LogP contribution in [0, 0.1) is 17.5 Å². The third kappa shape index (κ3) is 3.76. The molecule has 1 saturated heterocycles. The fourth-order valence-electron chi connectivity index (χ4n) is 3.28. The summed E-state index contributed by atoms with van der Waals surface area (Å²) in [5, 5.41) is 20.1. The number of carboxylic acid groups (broad SMARTS) is 1. The first kappa shape index (κ1) is 23.4. The van der Waals surface area contributed by atoms with Crippen LogP contribution in [0.1, 0.15) is 10.4 Å². The molecule has 1 fully saturated rings. The minimum Gasteiger partial charge on any atom is -0.545 e. The number of aliphatic hydroxyl groups is 1. The molecule has 1 aliphatic rings. The normalized spacial score (nSPS) is 13.8. The van der Waals surface area contributed by atoms with Crippen LogP contribution in [0.15, 0.2) is 23.1 Å². The summed E-state index contributed by atoms with van der Waals surface area (Å²) in [7, 11) is 0. The number of anilines is 2. The average Bonchev–Trinajstić information content (AvgIpc) is 2.64. The van der Waals surface area contributed by atoms with Gasteiger partial charge in [-0.3, -0.25) is 9.36 Å². The third-order valence-corrected chi connectivity index (χ3v) is 5.08. The maximum Gasteiger partial charge on any atom is 1.00 e. The van der Waals surface area contributed by atoms with Crippen molar-refractivity contribution in [2.24, 2.45) is 0 Å². The number of nitrogens with zero attached hydrogens (tertiary/aromatic N) is 3. The van der Waals surface area contributed by atoms with Gasteiger partial charge in [0, 0.05) is 25.4 Å². The Bertz CT molecular complexity index is 1300. The molecule has 8 nitrogen and oxygen atoms in total. The second kappa shape index (κ2) is 8.32. The molecule has 3 N–H and O–H groups in total. The molecule has 1 aromatic carbocycles. The van der Waals surface area contributed by atoms with Gasteiger partial charge in [0.15, 0.2) is 28.7 Å². The van der Waals surface area contributed by atoms with E-state index in [1.54, 1.807) is 0 Å². The first-order valence-electron chi connectivity index (χ1n) is 8.43. The van der Waals surface area contributed by atoms with Crippen molar-refractivity contribution < 1.29 is 57.7 Å². The number of β-amino-alcohol motifs (C(OH)–C–C–N with tert-alkyl or cyclic N) is 1. The molecule has 2 aromatic heterocycles. The maximum absolute atomic E-state index is 14.7. The van der Waals surface area contributed by atoms with Gasteiger partial charge in [0.25, 0.3) is 0 Å². The summed E-state index contributed by atoms with van der Waals surface area (Å²) in [4.78, 5) is 28.9. The summed E-state index contributed by atoms with van der Waals surface area (Å²) in [6, 6.07) is 1.17. The minimum absolute atomic E-state index is 0. The maximum atomic E-state index is 14.7. The van der Waals surface area contributed by atoms with Crippen molar-refractivity contribution in [2.75, 3.05) is 23.7 Å². The largest absolute Gasteiger partial charge is 1.00 e. The molecule has 3 heterocycles. The SMILES string of the molecule is Nc1nc(-n2cc(C(=O)[O-])c(=O)c3cc(F)c(N4CC(O)C4)c(Cl)c32)c(F)cc1F.[Na+]. The number of carboxylic acids is 1. The van der Waals surface area contributed by atoms with Crippen LogP contribution in [0.5, 0.6) is 0 Å². The average molecular weight is 463 g/mol. The van der Waals surface area contributed by atoms with Crippen molar-refractivity contribution in [3.63, 3.8) is 0 Å². The van der Waals surface area contributed by atoms with E-state index in [0.29, 0.717) is 12.3 Å². The number of hydrogen-bond acceptors (Lipinski definition) is 7. The summed E-state index contributed by atoms with van der Waals surface area (Å²) in [5.41, 5.74) is 2.90. The molecule has 0 radical (unpaired) electrons. The van der Waals surface area contributed by atoms with E-state index in [0.717, 1.165) is 10.6 Å². The Morgan fingerprint density at radius 2 is 1.87 bits per heavy atom. The molecule has 31 heavy (non-hydrogen) atoms. The molecule has 3 aromatic rings. The van der Waals surface area contributed by atoms with Crippen LogP contribution < -0.4 is 50.7 Å². The molecular formula is C18H11ClF3N4NaO4. The first-order chi connectivity index (χ1) is 14.1. The summed E-state index contributed by atoms with van der Waals surface area (Å²) in [6.45, 7) is 0.110. The fourth-order valence-corrected chi connectivity index (χ4v) is 3.69. The van der Waals surface area contributed by atoms with Crippen LogP contribution in [0.2, 0.25) is 5.02 Å². The second-order valence-corrected chi connectivity index (χ2v) is 7.04. The van der Waals surface area contributed by atoms with Crippen LogP contribution in [-0.4, -0.2) is 39.8 Å². The number of rotatable bonds is 3. The molecular weight excluding hydrogens is 452 g/mol. The summed E-state index contributed by atoms with van der Waals surface area (Å²) < 4.78 is 43.6. The molecule has 0 atom stereocenters. The number of nitrogens with two attached hydrogens (primary N) is 1. The van der Waals surface area contributed by atoms with Crippen molar-refractivity contribution in [3.8, 4) is 5.82 Å². The van der Waals surface area contributed by atoms with Gasteiger partial charge in [-0.25, -0.2) is 18.2 Å². The Labute approximate surface area is 198 Å². The monoisotopic (exact) mass is 462 g/mol. The Morgan fingerprint density at radius 3 is 2.45 bits per heavy atom. The molecule has 0 bridgehead atoms. The van der Waals surface area contributed by atoms with Crippen molar-refractivity contribution in [2.45, 2.75) is 6.10 Å². The van der Waals surface area contributed by atoms with Gasteiger partial charge in [0.1, 0.15) is 5.82 Å². The van der Waals surface area contributed by atoms with Crippen LogP contribution in [0.4, 0.5) is 24.7 Å². The second-order valence-electron chi connectivity index (χ2n) is 6.67. The molecule has 156 valence electrons. The van der Waals surface area contributed by atoms with Gasteiger partial charge in [-0.15, -0.1) is 0 Å². The zero-order valence-electron chi connectivity index (χ0n) is 15.8. The topological polar surface area (TPSA) is 125 Å². The number of benzene rings is 1. The minimum atomic E-state index is -1.90. The van der Waals surface area contributed by atoms with Gasteiger partial charge in [-0.1, -0.05) is 11.6 Å². The fraction of sp³-hybridized carbons (Fsp3) is 0.167. The van der Waals surface area contributed by atoms with E-state index < -0.39 is 57.5 Å². The zero-order valence-corrected chi connectivity index (χ0v) is 18.6. The zero-order chi connectivity index (χ0) is 21.9. The van der Waals surface area contributed by atoms with Crippen LogP contribution in [-0.2, 0) is 0 Å². The Balaban J connectivity index is 0.00000272. The number of fused-ring (bicyclic) bond motifs is 1. The molecule has 0 amide bonds. The molecule has 4 rings (SSSR count). The van der Waals surface area contributed by atoms with Gasteiger partial charge in [0.05, 0.1) is 39.2 Å². The summed E-state index contributed by atoms with van der Waals surface area (Å²) in [6.07, 6.45) is -0.0174. The molecule has 1 aliphatic heterocycles. The van der Waals surface area contributed by atoms with E-state index in [2.05, 4.69) is 4.98 Å². The van der Waals surface area contributed by atoms with Crippen molar-refractivity contribution in [3.05, 3.63) is 56.6 Å². The number of pyridine rings is 2. The molecule has 0 saturated carbocycles. The van der Waals surface area contributed by atoms with Gasteiger partial charge in [0.2, 0.25) is 0 Å². The third-order valence-electron chi connectivity index (χ3n) is 4.72. The predicted octanol–water partition coefficient (Wildman–Crippen LogP) is -2.41. The van der Waals surface area contributed by atoms with E-state index in [1.165, 1.54) is 4.90 Å². The van der Waals surface area contributed by atoms with Crippen LogP contribution in [0.3, 0.4) is 0 Å². The van der Waals surface area contributed by atoms with Gasteiger partial charge >= 0.3 is 29.6 Å². The standard InChI is InChI=1S/C18H12ClF3N4O4.Na/c19-12-13-7(1-9(20)14(12)25-3-6(27)4-25)15(28)8(18(29)30)5-26(13)17-11(22)2-10(21)16(23)24-17;/h1-2,5-6,27H,3-4H2,(H2,23,24)(H,29,30);/q;+1/p-1. The van der Waals surface area contributed by atoms with Crippen molar-refractivity contribution >= 4 is 40.0 Å². The number of halogens is 4.